The summed E-state index contributed by atoms with van der Waals surface area (Å²) < 4.78 is 0. The van der Waals surface area contributed by atoms with E-state index in [4.69, 9.17) is 10.8 Å². The molecule has 0 spiro atoms. The topological polar surface area (TPSA) is 63.3 Å². The Balaban J connectivity index is 0. The van der Waals surface area contributed by atoms with E-state index in [0.717, 1.165) is 0 Å². The van der Waals surface area contributed by atoms with Crippen molar-refractivity contribution in [3.05, 3.63) is 0 Å². The third-order valence-electron chi connectivity index (χ3n) is 0.390. The number of hydrogen-bond donors (Lipinski definition) is 2. The number of hydrogen-bond acceptors (Lipinski definition) is 2. The first-order chi connectivity index (χ1) is 2.64. The molecule has 1 unspecified atom stereocenters. The molecule has 38 valence electrons. The summed E-state index contributed by atoms with van der Waals surface area (Å²) in [5.74, 6) is -0.963. The van der Waals surface area contributed by atoms with Gasteiger partial charge in [0, 0.05) is 19.5 Å². The van der Waals surface area contributed by atoms with E-state index < -0.39 is 12.0 Å². The SMILES string of the molecule is CC(N)C(=O)O.[Zn]. The Kier molecular flexibility index (Phi) is 6.10. The van der Waals surface area contributed by atoms with Crippen LogP contribution in [0.3, 0.4) is 0 Å². The van der Waals surface area contributed by atoms with Gasteiger partial charge < -0.3 is 10.8 Å². The predicted octanol–water partition coefficient (Wildman–Crippen LogP) is -0.584. The zero-order valence-electron chi connectivity index (χ0n) is 4.22. The van der Waals surface area contributed by atoms with E-state index in [1.54, 1.807) is 0 Å². The number of carbonyl (C=O) groups is 1. The summed E-state index contributed by atoms with van der Waals surface area (Å²) in [7, 11) is 0. The van der Waals surface area contributed by atoms with Crippen LogP contribution < -0.4 is 5.73 Å². The van der Waals surface area contributed by atoms with Crippen molar-refractivity contribution >= 4 is 5.97 Å². The fraction of sp³-hybridized carbons (Fsp3) is 0.667. The molecular formula is C3H7NO2Zn. The van der Waals surface area contributed by atoms with Gasteiger partial charge in [0.25, 0.3) is 0 Å². The Labute approximate surface area is 54.6 Å². The van der Waals surface area contributed by atoms with Crippen LogP contribution in [-0.2, 0) is 24.3 Å². The van der Waals surface area contributed by atoms with Crippen molar-refractivity contribution < 1.29 is 29.4 Å². The van der Waals surface area contributed by atoms with Crippen molar-refractivity contribution in [2.45, 2.75) is 13.0 Å². The molecule has 0 aromatic rings. The number of nitrogens with two attached hydrogens (primary N) is 1. The molecule has 0 radical (unpaired) electrons. The minimum Gasteiger partial charge on any atom is -0.480 e. The summed E-state index contributed by atoms with van der Waals surface area (Å²) >= 11 is 0. The summed E-state index contributed by atoms with van der Waals surface area (Å²) in [6.45, 7) is 1.42. The normalized spacial score (nSPS) is 11.7. The maximum absolute atomic E-state index is 9.57. The molecule has 0 bridgehead atoms. The Hall–Kier alpha value is 0.0534. The largest absolute Gasteiger partial charge is 0.480 e. The first-order valence-electron chi connectivity index (χ1n) is 1.63. The number of carboxylic acid groups (broad SMARTS) is 1. The van der Waals surface area contributed by atoms with Crippen LogP contribution in [0.15, 0.2) is 0 Å². The molecule has 0 amide bonds. The molecule has 7 heavy (non-hydrogen) atoms. The monoisotopic (exact) mass is 153 g/mol. The molecule has 3 N–H and O–H groups in total. The maximum Gasteiger partial charge on any atom is 0.320 e. The van der Waals surface area contributed by atoms with Gasteiger partial charge in [-0.05, 0) is 6.92 Å². The Morgan fingerprint density at radius 3 is 2.00 bits per heavy atom. The van der Waals surface area contributed by atoms with Crippen LogP contribution in [-0.4, -0.2) is 17.1 Å². The first kappa shape index (κ1) is 10.1. The van der Waals surface area contributed by atoms with Gasteiger partial charge >= 0.3 is 5.97 Å². The van der Waals surface area contributed by atoms with E-state index in [9.17, 15) is 4.79 Å². The second kappa shape index (κ2) is 4.22. The Morgan fingerprint density at radius 2 is 2.00 bits per heavy atom. The molecule has 0 aromatic heterocycles. The van der Waals surface area contributed by atoms with E-state index in [-0.39, 0.29) is 19.5 Å². The van der Waals surface area contributed by atoms with Gasteiger partial charge in [-0.3, -0.25) is 4.79 Å². The van der Waals surface area contributed by atoms with E-state index in [1.807, 2.05) is 0 Å². The standard InChI is InChI=1S/C3H7NO2.Zn/c1-2(4)3(5)6;/h2H,4H2,1H3,(H,5,6);. The molecule has 3 nitrogen and oxygen atoms in total. The average Bonchev–Trinajstić information content (AvgIpc) is 1.36. The van der Waals surface area contributed by atoms with Crippen LogP contribution in [0.4, 0.5) is 0 Å². The smallest absolute Gasteiger partial charge is 0.320 e. The fourth-order valence-electron chi connectivity index (χ4n) is 0. The zero-order valence-corrected chi connectivity index (χ0v) is 7.18. The van der Waals surface area contributed by atoms with Gasteiger partial charge in [-0.15, -0.1) is 0 Å². The van der Waals surface area contributed by atoms with Gasteiger partial charge in [0.05, 0.1) is 0 Å². The average molecular weight is 154 g/mol. The Morgan fingerprint density at radius 1 is 1.86 bits per heavy atom. The molecule has 0 aliphatic carbocycles. The van der Waals surface area contributed by atoms with Gasteiger partial charge in [-0.25, -0.2) is 0 Å². The maximum atomic E-state index is 9.57. The number of aliphatic carboxylic acids is 1. The van der Waals surface area contributed by atoms with Crippen LogP contribution >= 0.6 is 0 Å². The van der Waals surface area contributed by atoms with Crippen LogP contribution in [0.25, 0.3) is 0 Å². The summed E-state index contributed by atoms with van der Waals surface area (Å²) in [5, 5.41) is 7.87. The molecule has 0 saturated heterocycles. The van der Waals surface area contributed by atoms with Gasteiger partial charge in [-0.1, -0.05) is 0 Å². The van der Waals surface area contributed by atoms with E-state index >= 15 is 0 Å². The van der Waals surface area contributed by atoms with Crippen LogP contribution in [0.2, 0.25) is 0 Å². The molecule has 0 fully saturated rings. The second-order valence-corrected chi connectivity index (χ2v) is 1.13. The van der Waals surface area contributed by atoms with Crippen molar-refractivity contribution in [2.24, 2.45) is 5.73 Å². The third kappa shape index (κ3) is 6.05. The molecule has 0 heterocycles. The van der Waals surface area contributed by atoms with Crippen molar-refractivity contribution in [1.82, 2.24) is 0 Å². The molecule has 1 atom stereocenters. The zero-order chi connectivity index (χ0) is 5.15. The Bertz CT molecular complexity index is 64.0. The van der Waals surface area contributed by atoms with E-state index in [1.165, 1.54) is 6.92 Å². The summed E-state index contributed by atoms with van der Waals surface area (Å²) in [6.07, 6.45) is 0. The molecule has 4 heteroatoms. The van der Waals surface area contributed by atoms with Crippen molar-refractivity contribution in [2.75, 3.05) is 0 Å². The minimum atomic E-state index is -0.963. The van der Waals surface area contributed by atoms with Crippen molar-refractivity contribution in [3.8, 4) is 0 Å². The summed E-state index contributed by atoms with van der Waals surface area (Å²) in [6, 6.07) is -0.731. The number of rotatable bonds is 1. The quantitative estimate of drug-likeness (QED) is 0.497. The molecule has 0 aliphatic heterocycles. The molecule has 0 aromatic carbocycles. The second-order valence-electron chi connectivity index (χ2n) is 1.13. The van der Waals surface area contributed by atoms with Crippen LogP contribution in [0.1, 0.15) is 6.92 Å². The van der Waals surface area contributed by atoms with Crippen LogP contribution in [0, 0.1) is 0 Å². The first-order valence-corrected chi connectivity index (χ1v) is 1.63. The van der Waals surface area contributed by atoms with Crippen molar-refractivity contribution in [1.29, 1.82) is 0 Å². The van der Waals surface area contributed by atoms with Gasteiger partial charge in [0.15, 0.2) is 0 Å². The van der Waals surface area contributed by atoms with E-state index in [0.29, 0.717) is 0 Å². The van der Waals surface area contributed by atoms with Gasteiger partial charge in [0.2, 0.25) is 0 Å². The summed E-state index contributed by atoms with van der Waals surface area (Å²) in [5.41, 5.74) is 4.84. The molecule has 0 rings (SSSR count). The van der Waals surface area contributed by atoms with Crippen LogP contribution in [0.5, 0.6) is 0 Å². The molecule has 0 aliphatic rings. The van der Waals surface area contributed by atoms with Gasteiger partial charge in [-0.2, -0.15) is 0 Å². The minimum absolute atomic E-state index is 0. The third-order valence-corrected chi connectivity index (χ3v) is 0.390. The number of carboxylic acids is 1. The summed E-state index contributed by atoms with van der Waals surface area (Å²) in [4.78, 5) is 9.57. The van der Waals surface area contributed by atoms with Gasteiger partial charge in [0.1, 0.15) is 6.04 Å². The van der Waals surface area contributed by atoms with E-state index in [2.05, 4.69) is 0 Å². The fourth-order valence-corrected chi connectivity index (χ4v) is 0. The van der Waals surface area contributed by atoms with Crippen molar-refractivity contribution in [3.63, 3.8) is 0 Å². The molecular weight excluding hydrogens is 147 g/mol. The predicted molar refractivity (Wildman–Crippen MR) is 21.3 cm³/mol. The molecule has 0 saturated carbocycles.